The predicted molar refractivity (Wildman–Crippen MR) is 146 cm³/mol. The van der Waals surface area contributed by atoms with Crippen molar-refractivity contribution in [1.29, 1.82) is 0 Å². The van der Waals surface area contributed by atoms with Crippen molar-refractivity contribution in [2.45, 2.75) is 53.1 Å². The molecule has 0 bridgehead atoms. The molecule has 1 atom stereocenters. The number of nitrogens with zero attached hydrogens (tertiary/aromatic N) is 3. The van der Waals surface area contributed by atoms with E-state index in [1.54, 1.807) is 6.07 Å². The molecule has 0 aliphatic carbocycles. The Morgan fingerprint density at radius 1 is 1.00 bits per heavy atom. The standard InChI is InChI=1S/C31H34FN3O/c1-20(2)34-15-7-9-23(18-34)19-35-30(27-10-6-5-8-21(27)3)33-29-14-11-24(17-28(29)31(35)36)26-13-12-25(32)16-22(26)4/h5-6,8,10-14,16-17,20,23H,7,9,15,18-19H2,1-4H3/t23-/m0/s1. The molecule has 0 saturated carbocycles. The average Bonchev–Trinajstić information content (AvgIpc) is 2.86. The summed E-state index contributed by atoms with van der Waals surface area (Å²) in [5, 5.41) is 0.602. The van der Waals surface area contributed by atoms with E-state index < -0.39 is 0 Å². The van der Waals surface area contributed by atoms with Gasteiger partial charge in [-0.05, 0) is 99.5 Å². The molecule has 1 fully saturated rings. The van der Waals surface area contributed by atoms with Crippen LogP contribution >= 0.6 is 0 Å². The minimum atomic E-state index is -0.258. The highest BCUT2D eigenvalue weighted by Crippen LogP contribution is 2.29. The first-order chi connectivity index (χ1) is 17.3. The molecule has 3 aromatic carbocycles. The van der Waals surface area contributed by atoms with Gasteiger partial charge in [0.2, 0.25) is 0 Å². The van der Waals surface area contributed by atoms with Gasteiger partial charge in [-0.3, -0.25) is 9.36 Å². The third-order valence-electron chi connectivity index (χ3n) is 7.56. The Labute approximate surface area is 212 Å². The molecule has 1 aliphatic heterocycles. The van der Waals surface area contributed by atoms with E-state index >= 15 is 0 Å². The van der Waals surface area contributed by atoms with Crippen LogP contribution in [0.15, 0.2) is 65.5 Å². The van der Waals surface area contributed by atoms with Crippen LogP contribution in [0.25, 0.3) is 33.4 Å². The Morgan fingerprint density at radius 3 is 2.56 bits per heavy atom. The number of likely N-dealkylation sites (tertiary alicyclic amines) is 1. The molecule has 2 heterocycles. The number of rotatable bonds is 5. The van der Waals surface area contributed by atoms with Crippen LogP contribution in [0.1, 0.15) is 37.8 Å². The summed E-state index contributed by atoms with van der Waals surface area (Å²) in [6, 6.07) is 19.2. The summed E-state index contributed by atoms with van der Waals surface area (Å²) in [4.78, 5) is 21.7. The van der Waals surface area contributed by atoms with Crippen molar-refractivity contribution in [3.63, 3.8) is 0 Å². The zero-order valence-corrected chi connectivity index (χ0v) is 21.6. The molecule has 4 nitrogen and oxygen atoms in total. The SMILES string of the molecule is Cc1cc(F)ccc1-c1ccc2nc(-c3ccccc3C)n(C[C@H]3CCCN(C(C)C)C3)c(=O)c2c1. The zero-order valence-electron chi connectivity index (χ0n) is 21.6. The van der Waals surface area contributed by atoms with Crippen LogP contribution in [0.3, 0.4) is 0 Å². The van der Waals surface area contributed by atoms with Gasteiger partial charge >= 0.3 is 0 Å². The fourth-order valence-corrected chi connectivity index (χ4v) is 5.51. The highest BCUT2D eigenvalue weighted by molar-refractivity contribution is 5.86. The van der Waals surface area contributed by atoms with Gasteiger partial charge in [-0.25, -0.2) is 9.37 Å². The van der Waals surface area contributed by atoms with Gasteiger partial charge in [0.05, 0.1) is 10.9 Å². The van der Waals surface area contributed by atoms with Gasteiger partial charge < -0.3 is 4.90 Å². The first-order valence-corrected chi connectivity index (χ1v) is 12.9. The fourth-order valence-electron chi connectivity index (χ4n) is 5.51. The van der Waals surface area contributed by atoms with Crippen molar-refractivity contribution in [2.24, 2.45) is 5.92 Å². The van der Waals surface area contributed by atoms with Crippen LogP contribution in [0.4, 0.5) is 4.39 Å². The summed E-state index contributed by atoms with van der Waals surface area (Å²) < 4.78 is 15.6. The highest BCUT2D eigenvalue weighted by atomic mass is 19.1. The molecule has 5 heteroatoms. The van der Waals surface area contributed by atoms with Crippen LogP contribution < -0.4 is 5.56 Å². The molecule has 0 unspecified atom stereocenters. The minimum absolute atomic E-state index is 0.0125. The van der Waals surface area contributed by atoms with E-state index in [0.29, 0.717) is 29.4 Å². The van der Waals surface area contributed by atoms with Crippen molar-refractivity contribution in [1.82, 2.24) is 14.5 Å². The number of fused-ring (bicyclic) bond motifs is 1. The third-order valence-corrected chi connectivity index (χ3v) is 7.56. The first-order valence-electron chi connectivity index (χ1n) is 12.9. The Morgan fingerprint density at radius 2 is 1.81 bits per heavy atom. The van der Waals surface area contributed by atoms with Gasteiger partial charge in [-0.15, -0.1) is 0 Å². The lowest BCUT2D eigenvalue weighted by Gasteiger charge is -2.36. The molecule has 0 N–H and O–H groups in total. The average molecular weight is 484 g/mol. The number of halogens is 1. The Kier molecular flexibility index (Phi) is 6.76. The summed E-state index contributed by atoms with van der Waals surface area (Å²) in [6.07, 6.45) is 2.25. The Hall–Kier alpha value is -3.31. The molecule has 0 amide bonds. The first kappa shape index (κ1) is 24.4. The van der Waals surface area contributed by atoms with Gasteiger partial charge in [-0.2, -0.15) is 0 Å². The molecule has 36 heavy (non-hydrogen) atoms. The van der Waals surface area contributed by atoms with E-state index in [1.165, 1.54) is 12.1 Å². The molecule has 1 saturated heterocycles. The smallest absolute Gasteiger partial charge is 0.261 e. The predicted octanol–water partition coefficient (Wildman–Crippen LogP) is 6.61. The second kappa shape index (κ2) is 9.98. The maximum atomic E-state index is 14.1. The van der Waals surface area contributed by atoms with Crippen molar-refractivity contribution in [3.05, 3.63) is 88.0 Å². The minimum Gasteiger partial charge on any atom is -0.301 e. The zero-order chi connectivity index (χ0) is 25.4. The molecule has 0 radical (unpaired) electrons. The largest absolute Gasteiger partial charge is 0.301 e. The van der Waals surface area contributed by atoms with Crippen molar-refractivity contribution >= 4 is 10.9 Å². The number of hydrogen-bond acceptors (Lipinski definition) is 3. The molecule has 1 aliphatic rings. The normalized spacial score (nSPS) is 16.7. The van der Waals surface area contributed by atoms with Crippen molar-refractivity contribution < 1.29 is 4.39 Å². The van der Waals surface area contributed by atoms with E-state index in [9.17, 15) is 9.18 Å². The molecule has 0 spiro atoms. The van der Waals surface area contributed by atoms with Crippen molar-refractivity contribution in [3.8, 4) is 22.5 Å². The number of aryl methyl sites for hydroxylation is 2. The summed E-state index contributed by atoms with van der Waals surface area (Å²) in [5.74, 6) is 0.869. The molecular weight excluding hydrogens is 449 g/mol. The topological polar surface area (TPSA) is 38.1 Å². The van der Waals surface area contributed by atoms with Gasteiger partial charge in [-0.1, -0.05) is 36.4 Å². The molecular formula is C31H34FN3O. The van der Waals surface area contributed by atoms with Gasteiger partial charge in [0.15, 0.2) is 0 Å². The van der Waals surface area contributed by atoms with E-state index in [2.05, 4.69) is 37.8 Å². The van der Waals surface area contributed by atoms with Crippen molar-refractivity contribution in [2.75, 3.05) is 13.1 Å². The van der Waals surface area contributed by atoms with Crippen LogP contribution in [0.2, 0.25) is 0 Å². The number of piperidine rings is 1. The van der Waals surface area contributed by atoms with E-state index in [-0.39, 0.29) is 11.4 Å². The Bertz CT molecular complexity index is 1470. The lowest BCUT2D eigenvalue weighted by molar-refractivity contribution is 0.130. The monoisotopic (exact) mass is 483 g/mol. The molecule has 4 aromatic rings. The fraction of sp³-hybridized carbons (Fsp3) is 0.355. The van der Waals surface area contributed by atoms with Crippen LogP contribution in [-0.4, -0.2) is 33.6 Å². The summed E-state index contributed by atoms with van der Waals surface area (Å²) in [6.45, 7) is 11.2. The van der Waals surface area contributed by atoms with Crippen LogP contribution in [-0.2, 0) is 6.54 Å². The quantitative estimate of drug-likeness (QED) is 0.321. The third kappa shape index (κ3) is 4.72. The lowest BCUT2D eigenvalue weighted by Crippen LogP contribution is -2.42. The van der Waals surface area contributed by atoms with E-state index in [1.807, 2.05) is 41.8 Å². The van der Waals surface area contributed by atoms with Gasteiger partial charge in [0.25, 0.3) is 5.56 Å². The number of hydrogen-bond donors (Lipinski definition) is 0. The molecule has 5 rings (SSSR count). The number of benzene rings is 3. The maximum absolute atomic E-state index is 14.1. The Balaban J connectivity index is 1.66. The second-order valence-corrected chi connectivity index (χ2v) is 10.5. The maximum Gasteiger partial charge on any atom is 0.261 e. The highest BCUT2D eigenvalue weighted by Gasteiger charge is 2.24. The summed E-state index contributed by atoms with van der Waals surface area (Å²) in [5.41, 5.74) is 5.43. The second-order valence-electron chi connectivity index (χ2n) is 10.5. The summed E-state index contributed by atoms with van der Waals surface area (Å²) in [7, 11) is 0. The van der Waals surface area contributed by atoms with E-state index in [4.69, 9.17) is 4.98 Å². The molecule has 186 valence electrons. The van der Waals surface area contributed by atoms with Crippen LogP contribution in [0, 0.1) is 25.6 Å². The summed E-state index contributed by atoms with van der Waals surface area (Å²) >= 11 is 0. The number of aromatic nitrogens is 2. The van der Waals surface area contributed by atoms with Crippen LogP contribution in [0.5, 0.6) is 0 Å². The molecule has 1 aromatic heterocycles. The van der Waals surface area contributed by atoms with Gasteiger partial charge in [0.1, 0.15) is 11.6 Å². The van der Waals surface area contributed by atoms with Gasteiger partial charge in [0, 0.05) is 24.7 Å². The van der Waals surface area contributed by atoms with E-state index in [0.717, 1.165) is 59.6 Å². The lowest BCUT2D eigenvalue weighted by atomic mass is 9.96.